The van der Waals surface area contributed by atoms with Crippen LogP contribution in [0.2, 0.25) is 0 Å². The third kappa shape index (κ3) is 3.33. The molecule has 0 spiro atoms. The monoisotopic (exact) mass is 367 g/mol. The second-order valence-electron chi connectivity index (χ2n) is 6.39. The SMILES string of the molecule is CC(C)(C)[S+]([O-])N=Cc1cc2cc(C3CC3)cc(Br)n2n1. The van der Waals surface area contributed by atoms with Crippen molar-refractivity contribution in [2.75, 3.05) is 0 Å². The van der Waals surface area contributed by atoms with Crippen LogP contribution in [0, 0.1) is 0 Å². The van der Waals surface area contributed by atoms with Crippen LogP contribution < -0.4 is 0 Å². The lowest BCUT2D eigenvalue weighted by atomic mass is 10.1. The number of hydrogen-bond acceptors (Lipinski definition) is 3. The van der Waals surface area contributed by atoms with Gasteiger partial charge in [0, 0.05) is 0 Å². The van der Waals surface area contributed by atoms with Crippen LogP contribution in [-0.2, 0) is 11.4 Å². The summed E-state index contributed by atoms with van der Waals surface area (Å²) in [5.41, 5.74) is 3.12. The van der Waals surface area contributed by atoms with Crippen molar-refractivity contribution >= 4 is 39.0 Å². The molecule has 2 aromatic heterocycles. The predicted octanol–water partition coefficient (Wildman–Crippen LogP) is 3.86. The summed E-state index contributed by atoms with van der Waals surface area (Å²) in [4.78, 5) is 0. The lowest BCUT2D eigenvalue weighted by Crippen LogP contribution is -2.25. The summed E-state index contributed by atoms with van der Waals surface area (Å²) in [6, 6.07) is 6.28. The first-order valence-corrected chi connectivity index (χ1v) is 8.90. The van der Waals surface area contributed by atoms with Gasteiger partial charge in [0.25, 0.3) is 0 Å². The van der Waals surface area contributed by atoms with E-state index < -0.39 is 11.4 Å². The second kappa shape index (κ2) is 5.41. The average molecular weight is 368 g/mol. The van der Waals surface area contributed by atoms with Gasteiger partial charge in [0.05, 0.1) is 5.52 Å². The molecule has 1 atom stereocenters. The Hall–Kier alpha value is -0.850. The van der Waals surface area contributed by atoms with E-state index in [4.69, 9.17) is 0 Å². The van der Waals surface area contributed by atoms with E-state index in [0.29, 0.717) is 5.92 Å². The Morgan fingerprint density at radius 2 is 2.10 bits per heavy atom. The number of halogens is 1. The molecule has 2 heterocycles. The lowest BCUT2D eigenvalue weighted by molar-refractivity contribution is 0.562. The molecule has 0 amide bonds. The highest BCUT2D eigenvalue weighted by Gasteiger charge is 2.26. The zero-order valence-corrected chi connectivity index (χ0v) is 14.7. The largest absolute Gasteiger partial charge is 0.591 e. The van der Waals surface area contributed by atoms with Crippen molar-refractivity contribution in [1.82, 2.24) is 9.61 Å². The van der Waals surface area contributed by atoms with Crippen molar-refractivity contribution in [1.29, 1.82) is 0 Å². The van der Waals surface area contributed by atoms with E-state index >= 15 is 0 Å². The van der Waals surface area contributed by atoms with Crippen molar-refractivity contribution in [3.05, 3.63) is 34.1 Å². The number of rotatable bonds is 3. The maximum atomic E-state index is 11.9. The van der Waals surface area contributed by atoms with Gasteiger partial charge in [0.1, 0.15) is 32.6 Å². The number of pyridine rings is 1. The highest BCUT2D eigenvalue weighted by molar-refractivity contribution is 9.10. The van der Waals surface area contributed by atoms with Crippen molar-refractivity contribution in [2.24, 2.45) is 4.40 Å². The van der Waals surface area contributed by atoms with Crippen LogP contribution in [0.15, 0.2) is 27.2 Å². The minimum Gasteiger partial charge on any atom is -0.591 e. The standard InChI is InChI=1S/C15H18BrN3OS/c1-15(2,3)21(20)17-9-12-8-13-6-11(10-4-5-10)7-14(16)19(13)18-12/h6-10H,4-5H2,1-3H3. The molecule has 1 aliphatic rings. The fraction of sp³-hybridized carbons (Fsp3) is 0.467. The van der Waals surface area contributed by atoms with Crippen LogP contribution in [0.5, 0.6) is 0 Å². The first-order valence-electron chi connectivity index (χ1n) is 7.00. The van der Waals surface area contributed by atoms with Gasteiger partial charge in [-0.3, -0.25) is 0 Å². The van der Waals surface area contributed by atoms with Crippen LogP contribution in [0.25, 0.3) is 5.52 Å². The average Bonchev–Trinajstić information content (AvgIpc) is 3.15. The van der Waals surface area contributed by atoms with Gasteiger partial charge in [-0.1, -0.05) is 4.40 Å². The first-order chi connectivity index (χ1) is 9.84. The quantitative estimate of drug-likeness (QED) is 0.469. The van der Waals surface area contributed by atoms with E-state index in [0.717, 1.165) is 15.8 Å². The molecule has 1 saturated carbocycles. The molecule has 112 valence electrons. The van der Waals surface area contributed by atoms with Crippen molar-refractivity contribution in [3.63, 3.8) is 0 Å². The molecule has 0 N–H and O–H groups in total. The molecule has 0 saturated heterocycles. The molecule has 0 radical (unpaired) electrons. The first kappa shape index (κ1) is 15.1. The van der Waals surface area contributed by atoms with Gasteiger partial charge in [-0.15, -0.1) is 0 Å². The summed E-state index contributed by atoms with van der Waals surface area (Å²) in [6.07, 6.45) is 4.14. The van der Waals surface area contributed by atoms with E-state index in [2.05, 4.69) is 37.6 Å². The van der Waals surface area contributed by atoms with E-state index in [1.165, 1.54) is 18.4 Å². The number of hydrogen-bond donors (Lipinski definition) is 0. The fourth-order valence-electron chi connectivity index (χ4n) is 2.08. The Morgan fingerprint density at radius 1 is 1.38 bits per heavy atom. The Bertz CT molecular complexity index is 701. The summed E-state index contributed by atoms with van der Waals surface area (Å²) in [6.45, 7) is 5.72. The third-order valence-electron chi connectivity index (χ3n) is 3.41. The van der Waals surface area contributed by atoms with Gasteiger partial charge in [-0.25, -0.2) is 4.52 Å². The zero-order chi connectivity index (χ0) is 15.2. The Balaban J connectivity index is 1.90. The molecule has 2 aromatic rings. The minimum atomic E-state index is -1.26. The van der Waals surface area contributed by atoms with Crippen LogP contribution >= 0.6 is 15.9 Å². The summed E-state index contributed by atoms with van der Waals surface area (Å²) >= 11 is 2.31. The molecule has 3 rings (SSSR count). The molecule has 0 aromatic carbocycles. The van der Waals surface area contributed by atoms with E-state index in [9.17, 15) is 4.55 Å². The molecule has 0 aliphatic heterocycles. The second-order valence-corrected chi connectivity index (χ2v) is 9.13. The minimum absolute atomic E-state index is 0.352. The normalized spacial score (nSPS) is 17.8. The number of nitrogens with zero attached hydrogens (tertiary/aromatic N) is 3. The Morgan fingerprint density at radius 3 is 2.71 bits per heavy atom. The Labute approximate surface area is 136 Å². The van der Waals surface area contributed by atoms with Gasteiger partial charge in [-0.05, 0) is 79.2 Å². The summed E-state index contributed by atoms with van der Waals surface area (Å²) in [7, 11) is 0. The highest BCUT2D eigenvalue weighted by Crippen LogP contribution is 2.41. The van der Waals surface area contributed by atoms with Gasteiger partial charge in [0.15, 0.2) is 0 Å². The summed E-state index contributed by atoms with van der Waals surface area (Å²) in [5.74, 6) is 0.701. The van der Waals surface area contributed by atoms with E-state index in [-0.39, 0.29) is 4.75 Å². The van der Waals surface area contributed by atoms with Crippen molar-refractivity contribution in [3.8, 4) is 0 Å². The van der Waals surface area contributed by atoms with Gasteiger partial charge in [0.2, 0.25) is 0 Å². The van der Waals surface area contributed by atoms with Gasteiger partial charge in [-0.2, -0.15) is 5.10 Å². The van der Waals surface area contributed by atoms with Gasteiger partial charge < -0.3 is 4.55 Å². The molecule has 4 nitrogen and oxygen atoms in total. The van der Waals surface area contributed by atoms with Crippen molar-refractivity contribution < 1.29 is 4.55 Å². The molecular weight excluding hydrogens is 350 g/mol. The molecule has 1 unspecified atom stereocenters. The molecule has 6 heteroatoms. The zero-order valence-electron chi connectivity index (χ0n) is 12.3. The van der Waals surface area contributed by atoms with Crippen LogP contribution in [0.4, 0.5) is 0 Å². The molecule has 21 heavy (non-hydrogen) atoms. The smallest absolute Gasteiger partial charge is 0.144 e. The lowest BCUT2D eigenvalue weighted by Gasteiger charge is -2.17. The van der Waals surface area contributed by atoms with Gasteiger partial charge >= 0.3 is 0 Å². The van der Waals surface area contributed by atoms with Crippen molar-refractivity contribution in [2.45, 2.75) is 44.3 Å². The van der Waals surface area contributed by atoms with Crippen LogP contribution in [-0.4, -0.2) is 25.1 Å². The van der Waals surface area contributed by atoms with E-state index in [1.807, 2.05) is 31.4 Å². The van der Waals surface area contributed by atoms with Crippen LogP contribution in [0.3, 0.4) is 0 Å². The molecule has 1 aliphatic carbocycles. The molecular formula is C15H18BrN3OS. The number of fused-ring (bicyclic) bond motifs is 1. The maximum absolute atomic E-state index is 11.9. The molecule has 1 fully saturated rings. The highest BCUT2D eigenvalue weighted by atomic mass is 79.9. The predicted molar refractivity (Wildman–Crippen MR) is 90.4 cm³/mol. The topological polar surface area (TPSA) is 52.7 Å². The summed E-state index contributed by atoms with van der Waals surface area (Å²) < 4.78 is 18.5. The molecule has 0 bridgehead atoms. The van der Waals surface area contributed by atoms with Crippen LogP contribution in [0.1, 0.15) is 50.8 Å². The maximum Gasteiger partial charge on any atom is 0.144 e. The number of aromatic nitrogens is 2. The third-order valence-corrected chi connectivity index (χ3v) is 5.32. The van der Waals surface area contributed by atoms with E-state index in [1.54, 1.807) is 6.21 Å². The summed E-state index contributed by atoms with van der Waals surface area (Å²) in [5, 5.41) is 4.47. The fourth-order valence-corrected chi connectivity index (χ4v) is 3.14. The Kier molecular flexibility index (Phi) is 3.88.